The van der Waals surface area contributed by atoms with Gasteiger partial charge in [0.15, 0.2) is 0 Å². The van der Waals surface area contributed by atoms with Gasteiger partial charge in [-0.05, 0) is 49.7 Å². The van der Waals surface area contributed by atoms with Gasteiger partial charge >= 0.3 is 0 Å². The molecule has 5 nitrogen and oxygen atoms in total. The molecule has 1 amide bonds. The molecule has 0 saturated heterocycles. The lowest BCUT2D eigenvalue weighted by Gasteiger charge is -2.06. The van der Waals surface area contributed by atoms with Crippen molar-refractivity contribution in [1.29, 1.82) is 0 Å². The lowest BCUT2D eigenvalue weighted by atomic mass is 10.1. The number of rotatable bonds is 3. The van der Waals surface area contributed by atoms with Crippen LogP contribution in [0.25, 0.3) is 11.0 Å². The zero-order valence-electron chi connectivity index (χ0n) is 12.3. The molecule has 0 radical (unpaired) electrons. The van der Waals surface area contributed by atoms with E-state index in [0.717, 1.165) is 5.52 Å². The molecule has 1 heterocycles. The number of fused-ring (bicyclic) bond motifs is 1. The van der Waals surface area contributed by atoms with Gasteiger partial charge in [-0.15, -0.1) is 5.10 Å². The smallest absolute Gasteiger partial charge is 0.255 e. The van der Waals surface area contributed by atoms with E-state index in [4.69, 9.17) is 0 Å². The first-order chi connectivity index (χ1) is 10.6. The summed E-state index contributed by atoms with van der Waals surface area (Å²) in [5.41, 5.74) is 2.95. The van der Waals surface area contributed by atoms with Crippen LogP contribution >= 0.6 is 0 Å². The van der Waals surface area contributed by atoms with E-state index in [-0.39, 0.29) is 11.7 Å². The number of nitrogens with one attached hydrogen (secondary N) is 1. The maximum absolute atomic E-state index is 13.5. The van der Waals surface area contributed by atoms with Gasteiger partial charge < -0.3 is 5.32 Å². The fraction of sp³-hybridized carbons (Fsp3) is 0.188. The average Bonchev–Trinajstić information content (AvgIpc) is 2.93. The van der Waals surface area contributed by atoms with E-state index in [9.17, 15) is 9.18 Å². The van der Waals surface area contributed by atoms with Crippen molar-refractivity contribution in [3.8, 4) is 0 Å². The summed E-state index contributed by atoms with van der Waals surface area (Å²) in [4.78, 5) is 12.2. The molecule has 0 aliphatic heterocycles. The van der Waals surface area contributed by atoms with Crippen molar-refractivity contribution in [2.75, 3.05) is 5.32 Å². The number of hydrogen-bond acceptors (Lipinski definition) is 3. The standard InChI is InChI=1S/C16H15FN4O/c1-3-21-15-7-5-11(8-14(15)19-20-21)16(22)18-12-6-4-10(2)13(17)9-12/h4-9H,3H2,1-2H3,(H,18,22). The lowest BCUT2D eigenvalue weighted by molar-refractivity contribution is 0.102. The Hall–Kier alpha value is -2.76. The number of amides is 1. The molecular weight excluding hydrogens is 283 g/mol. The Kier molecular flexibility index (Phi) is 3.58. The summed E-state index contributed by atoms with van der Waals surface area (Å²) in [5, 5.41) is 10.7. The van der Waals surface area contributed by atoms with Crippen LogP contribution in [0.3, 0.4) is 0 Å². The van der Waals surface area contributed by atoms with Crippen LogP contribution < -0.4 is 5.32 Å². The second-order valence-electron chi connectivity index (χ2n) is 5.03. The molecule has 1 N–H and O–H groups in total. The van der Waals surface area contributed by atoms with Crippen molar-refractivity contribution in [2.45, 2.75) is 20.4 Å². The van der Waals surface area contributed by atoms with Gasteiger partial charge in [0.2, 0.25) is 0 Å². The number of aryl methyl sites for hydroxylation is 2. The minimum Gasteiger partial charge on any atom is -0.322 e. The maximum Gasteiger partial charge on any atom is 0.255 e. The molecule has 0 bridgehead atoms. The summed E-state index contributed by atoms with van der Waals surface area (Å²) >= 11 is 0. The summed E-state index contributed by atoms with van der Waals surface area (Å²) < 4.78 is 15.3. The van der Waals surface area contributed by atoms with Gasteiger partial charge in [-0.3, -0.25) is 4.79 Å². The van der Waals surface area contributed by atoms with Crippen LogP contribution in [0.5, 0.6) is 0 Å². The highest BCUT2D eigenvalue weighted by atomic mass is 19.1. The summed E-state index contributed by atoms with van der Waals surface area (Å²) in [5.74, 6) is -0.657. The van der Waals surface area contributed by atoms with Gasteiger partial charge in [-0.1, -0.05) is 11.3 Å². The predicted octanol–water partition coefficient (Wildman–Crippen LogP) is 3.15. The molecule has 3 aromatic rings. The zero-order chi connectivity index (χ0) is 15.7. The van der Waals surface area contributed by atoms with E-state index in [1.165, 1.54) is 6.07 Å². The molecular formula is C16H15FN4O. The average molecular weight is 298 g/mol. The molecule has 6 heteroatoms. The molecule has 3 rings (SSSR count). The van der Waals surface area contributed by atoms with Crippen LogP contribution in [0.15, 0.2) is 36.4 Å². The summed E-state index contributed by atoms with van der Waals surface area (Å²) in [6.07, 6.45) is 0. The van der Waals surface area contributed by atoms with E-state index < -0.39 is 0 Å². The molecule has 112 valence electrons. The highest BCUT2D eigenvalue weighted by Gasteiger charge is 2.10. The quantitative estimate of drug-likeness (QED) is 0.808. The van der Waals surface area contributed by atoms with Crippen LogP contribution in [0.4, 0.5) is 10.1 Å². The van der Waals surface area contributed by atoms with E-state index in [2.05, 4.69) is 15.6 Å². The third-order valence-electron chi connectivity index (χ3n) is 3.51. The minimum absolute atomic E-state index is 0.309. The number of carbonyl (C=O) groups excluding carboxylic acids is 1. The Morgan fingerprint density at radius 2 is 2.09 bits per heavy atom. The molecule has 0 fully saturated rings. The first-order valence-corrected chi connectivity index (χ1v) is 6.99. The Labute approximate surface area is 126 Å². The van der Waals surface area contributed by atoms with E-state index >= 15 is 0 Å². The Morgan fingerprint density at radius 1 is 1.27 bits per heavy atom. The van der Waals surface area contributed by atoms with Gasteiger partial charge in [0.1, 0.15) is 11.3 Å². The number of hydrogen-bond donors (Lipinski definition) is 1. The van der Waals surface area contributed by atoms with E-state index in [1.807, 2.05) is 13.0 Å². The summed E-state index contributed by atoms with van der Waals surface area (Å²) in [7, 11) is 0. The van der Waals surface area contributed by atoms with Gasteiger partial charge in [0.25, 0.3) is 5.91 Å². The van der Waals surface area contributed by atoms with Crippen LogP contribution in [-0.4, -0.2) is 20.9 Å². The second kappa shape index (κ2) is 5.55. The van der Waals surface area contributed by atoms with Crippen molar-refractivity contribution >= 4 is 22.6 Å². The second-order valence-corrected chi connectivity index (χ2v) is 5.03. The van der Waals surface area contributed by atoms with Crippen LogP contribution in [-0.2, 0) is 6.54 Å². The van der Waals surface area contributed by atoms with Crippen molar-refractivity contribution in [1.82, 2.24) is 15.0 Å². The predicted molar refractivity (Wildman–Crippen MR) is 82.3 cm³/mol. The molecule has 2 aromatic carbocycles. The van der Waals surface area contributed by atoms with Crippen molar-refractivity contribution in [3.05, 3.63) is 53.3 Å². The van der Waals surface area contributed by atoms with E-state index in [1.54, 1.807) is 35.9 Å². The highest BCUT2D eigenvalue weighted by Crippen LogP contribution is 2.17. The highest BCUT2D eigenvalue weighted by molar-refractivity contribution is 6.05. The topological polar surface area (TPSA) is 59.8 Å². The Bertz CT molecular complexity index is 856. The molecule has 0 atom stereocenters. The third-order valence-corrected chi connectivity index (χ3v) is 3.51. The lowest BCUT2D eigenvalue weighted by Crippen LogP contribution is -2.12. The molecule has 1 aromatic heterocycles. The van der Waals surface area contributed by atoms with Crippen LogP contribution in [0, 0.1) is 12.7 Å². The number of anilines is 1. The SMILES string of the molecule is CCn1nnc2cc(C(=O)Nc3ccc(C)c(F)c3)ccc21. The van der Waals surface area contributed by atoms with Gasteiger partial charge in [0.05, 0.1) is 5.52 Å². The first kappa shape index (κ1) is 14.2. The molecule has 0 aliphatic rings. The molecule has 22 heavy (non-hydrogen) atoms. The molecule has 0 saturated carbocycles. The fourth-order valence-corrected chi connectivity index (χ4v) is 2.22. The number of halogens is 1. The summed E-state index contributed by atoms with van der Waals surface area (Å²) in [6.45, 7) is 4.36. The summed E-state index contributed by atoms with van der Waals surface area (Å²) in [6, 6.07) is 9.79. The number of aromatic nitrogens is 3. The number of benzene rings is 2. The molecule has 0 aliphatic carbocycles. The monoisotopic (exact) mass is 298 g/mol. The van der Waals surface area contributed by atoms with E-state index in [0.29, 0.717) is 28.9 Å². The first-order valence-electron chi connectivity index (χ1n) is 6.99. The number of carbonyl (C=O) groups is 1. The largest absolute Gasteiger partial charge is 0.322 e. The normalized spacial score (nSPS) is 10.9. The Balaban J connectivity index is 1.86. The van der Waals surface area contributed by atoms with Gasteiger partial charge in [-0.2, -0.15) is 0 Å². The maximum atomic E-state index is 13.5. The van der Waals surface area contributed by atoms with Crippen molar-refractivity contribution in [3.63, 3.8) is 0 Å². The van der Waals surface area contributed by atoms with Crippen molar-refractivity contribution < 1.29 is 9.18 Å². The Morgan fingerprint density at radius 3 is 2.82 bits per heavy atom. The third kappa shape index (κ3) is 2.55. The minimum atomic E-state index is -0.348. The van der Waals surface area contributed by atoms with Gasteiger partial charge in [-0.25, -0.2) is 9.07 Å². The van der Waals surface area contributed by atoms with Crippen LogP contribution in [0.2, 0.25) is 0 Å². The van der Waals surface area contributed by atoms with Crippen molar-refractivity contribution in [2.24, 2.45) is 0 Å². The zero-order valence-corrected chi connectivity index (χ0v) is 12.3. The van der Waals surface area contributed by atoms with Gasteiger partial charge in [0, 0.05) is 17.8 Å². The van der Waals surface area contributed by atoms with Crippen LogP contribution in [0.1, 0.15) is 22.8 Å². The number of nitrogens with zero attached hydrogens (tertiary/aromatic N) is 3. The molecule has 0 spiro atoms. The molecule has 0 unspecified atom stereocenters. The fourth-order valence-electron chi connectivity index (χ4n) is 2.22.